The second-order valence-electron chi connectivity index (χ2n) is 7.67. The minimum atomic E-state index is 0.520. The Hall–Kier alpha value is -1.56. The van der Waals surface area contributed by atoms with E-state index in [0.29, 0.717) is 19.3 Å². The van der Waals surface area contributed by atoms with E-state index in [0.717, 1.165) is 41.2 Å². The Morgan fingerprint density at radius 2 is 2.00 bits per heavy atom. The van der Waals surface area contributed by atoms with Crippen LogP contribution >= 0.6 is 15.9 Å². The molecule has 158 valence electrons. The maximum atomic E-state index is 6.13. The van der Waals surface area contributed by atoms with Crippen LogP contribution in [0.3, 0.4) is 0 Å². The Morgan fingerprint density at radius 1 is 1.14 bits per heavy atom. The molecule has 0 aliphatic carbocycles. The van der Waals surface area contributed by atoms with Crippen molar-refractivity contribution in [3.63, 3.8) is 0 Å². The standard InChI is InChI=1S/C24H33BrN2O2/c1-4-27-11-7-10-21(27)16-26-15-20-13-22(25)24(23(14-20)28-5-2)29-17-19-9-6-8-18(3)12-19/h6,8-9,12-14,21,26H,4-5,7,10-11,15-17H2,1-3H3. The SMILES string of the molecule is CCOc1cc(CNCC2CCCN2CC)cc(Br)c1OCc1cccc(C)c1. The molecule has 3 rings (SSSR count). The first-order chi connectivity index (χ1) is 14.1. The van der Waals surface area contributed by atoms with Gasteiger partial charge in [0.1, 0.15) is 6.61 Å². The molecule has 1 fully saturated rings. The van der Waals surface area contributed by atoms with Gasteiger partial charge >= 0.3 is 0 Å². The van der Waals surface area contributed by atoms with Gasteiger partial charge in [-0.05, 0) is 79.0 Å². The number of nitrogens with zero attached hydrogens (tertiary/aromatic N) is 1. The monoisotopic (exact) mass is 460 g/mol. The van der Waals surface area contributed by atoms with Crippen LogP contribution < -0.4 is 14.8 Å². The number of likely N-dealkylation sites (tertiary alicyclic amines) is 1. The van der Waals surface area contributed by atoms with Crippen molar-refractivity contribution in [2.75, 3.05) is 26.2 Å². The highest BCUT2D eigenvalue weighted by Crippen LogP contribution is 2.37. The summed E-state index contributed by atoms with van der Waals surface area (Å²) in [5, 5.41) is 3.63. The van der Waals surface area contributed by atoms with Crippen LogP contribution in [0.25, 0.3) is 0 Å². The van der Waals surface area contributed by atoms with E-state index in [1.807, 2.05) is 6.92 Å². The largest absolute Gasteiger partial charge is 0.490 e. The maximum Gasteiger partial charge on any atom is 0.175 e. The molecule has 1 unspecified atom stereocenters. The van der Waals surface area contributed by atoms with Crippen LogP contribution in [0.2, 0.25) is 0 Å². The number of likely N-dealkylation sites (N-methyl/N-ethyl adjacent to an activating group) is 1. The van der Waals surface area contributed by atoms with Crippen molar-refractivity contribution in [2.45, 2.75) is 52.8 Å². The van der Waals surface area contributed by atoms with E-state index in [2.05, 4.69) is 76.4 Å². The van der Waals surface area contributed by atoms with E-state index < -0.39 is 0 Å². The molecule has 1 aliphatic rings. The molecule has 1 heterocycles. The summed E-state index contributed by atoms with van der Waals surface area (Å²) < 4.78 is 13.0. The van der Waals surface area contributed by atoms with Crippen molar-refractivity contribution in [1.29, 1.82) is 0 Å². The van der Waals surface area contributed by atoms with Gasteiger partial charge in [0.2, 0.25) is 0 Å². The zero-order valence-corrected chi connectivity index (χ0v) is 19.4. The summed E-state index contributed by atoms with van der Waals surface area (Å²) in [5.74, 6) is 1.56. The van der Waals surface area contributed by atoms with Crippen molar-refractivity contribution in [2.24, 2.45) is 0 Å². The first-order valence-electron chi connectivity index (χ1n) is 10.7. The summed E-state index contributed by atoms with van der Waals surface area (Å²) in [4.78, 5) is 2.57. The average Bonchev–Trinajstić information content (AvgIpc) is 3.15. The number of hydrogen-bond acceptors (Lipinski definition) is 4. The van der Waals surface area contributed by atoms with Gasteiger partial charge in [0.15, 0.2) is 11.5 Å². The van der Waals surface area contributed by atoms with Crippen molar-refractivity contribution in [3.8, 4) is 11.5 Å². The van der Waals surface area contributed by atoms with Gasteiger partial charge in [-0.2, -0.15) is 0 Å². The number of ether oxygens (including phenoxy) is 2. The number of aryl methyl sites for hydroxylation is 1. The molecule has 2 aromatic rings. The predicted octanol–water partition coefficient (Wildman–Crippen LogP) is 5.31. The number of rotatable bonds is 10. The Kier molecular flexibility index (Phi) is 8.40. The minimum Gasteiger partial charge on any atom is -0.490 e. The van der Waals surface area contributed by atoms with Gasteiger partial charge in [-0.3, -0.25) is 4.90 Å². The first-order valence-corrected chi connectivity index (χ1v) is 11.5. The van der Waals surface area contributed by atoms with Crippen molar-refractivity contribution < 1.29 is 9.47 Å². The topological polar surface area (TPSA) is 33.7 Å². The molecule has 0 aromatic heterocycles. The summed E-state index contributed by atoms with van der Waals surface area (Å²) in [6.07, 6.45) is 2.60. The van der Waals surface area contributed by atoms with Crippen LogP contribution in [0.1, 0.15) is 43.4 Å². The van der Waals surface area contributed by atoms with E-state index in [1.54, 1.807) is 0 Å². The lowest BCUT2D eigenvalue weighted by molar-refractivity contribution is 0.259. The Morgan fingerprint density at radius 3 is 2.76 bits per heavy atom. The van der Waals surface area contributed by atoms with E-state index in [9.17, 15) is 0 Å². The summed E-state index contributed by atoms with van der Waals surface area (Å²) in [6, 6.07) is 13.3. The summed E-state index contributed by atoms with van der Waals surface area (Å²) >= 11 is 3.69. The second kappa shape index (κ2) is 11.0. The van der Waals surface area contributed by atoms with Crippen molar-refractivity contribution in [1.82, 2.24) is 10.2 Å². The lowest BCUT2D eigenvalue weighted by Crippen LogP contribution is -2.37. The molecule has 2 aromatic carbocycles. The Bertz CT molecular complexity index is 796. The fourth-order valence-electron chi connectivity index (χ4n) is 4.01. The van der Waals surface area contributed by atoms with Gasteiger partial charge in [-0.1, -0.05) is 36.8 Å². The van der Waals surface area contributed by atoms with Gasteiger partial charge in [0, 0.05) is 19.1 Å². The molecule has 4 nitrogen and oxygen atoms in total. The quantitative estimate of drug-likeness (QED) is 0.520. The van der Waals surface area contributed by atoms with Gasteiger partial charge < -0.3 is 14.8 Å². The third-order valence-corrected chi connectivity index (χ3v) is 6.04. The molecule has 1 aliphatic heterocycles. The Labute approximate surface area is 183 Å². The minimum absolute atomic E-state index is 0.520. The van der Waals surface area contributed by atoms with E-state index >= 15 is 0 Å². The highest BCUT2D eigenvalue weighted by molar-refractivity contribution is 9.10. The van der Waals surface area contributed by atoms with Crippen LogP contribution in [0.4, 0.5) is 0 Å². The van der Waals surface area contributed by atoms with E-state index in [-0.39, 0.29) is 0 Å². The third kappa shape index (κ3) is 6.21. The summed E-state index contributed by atoms with van der Waals surface area (Å²) in [6.45, 7) is 11.7. The molecule has 0 radical (unpaired) electrons. The molecule has 1 atom stereocenters. The van der Waals surface area contributed by atoms with Gasteiger partial charge in [-0.25, -0.2) is 0 Å². The zero-order chi connectivity index (χ0) is 20.6. The molecule has 0 amide bonds. The van der Waals surface area contributed by atoms with Gasteiger partial charge in [0.05, 0.1) is 11.1 Å². The van der Waals surface area contributed by atoms with Crippen LogP contribution in [-0.4, -0.2) is 37.2 Å². The lowest BCUT2D eigenvalue weighted by atomic mass is 10.1. The number of benzene rings is 2. The summed E-state index contributed by atoms with van der Waals surface area (Å²) in [5.41, 5.74) is 3.59. The molecule has 0 bridgehead atoms. The number of hydrogen-bond donors (Lipinski definition) is 1. The first kappa shape index (κ1) is 22.1. The molecule has 1 N–H and O–H groups in total. The van der Waals surface area contributed by atoms with Crippen molar-refractivity contribution in [3.05, 3.63) is 57.6 Å². The summed E-state index contributed by atoms with van der Waals surface area (Å²) in [7, 11) is 0. The molecule has 0 saturated carbocycles. The second-order valence-corrected chi connectivity index (χ2v) is 8.53. The highest BCUT2D eigenvalue weighted by atomic mass is 79.9. The van der Waals surface area contributed by atoms with Gasteiger partial charge in [0.25, 0.3) is 0 Å². The highest BCUT2D eigenvalue weighted by Gasteiger charge is 2.22. The zero-order valence-electron chi connectivity index (χ0n) is 17.8. The maximum absolute atomic E-state index is 6.13. The van der Waals surface area contributed by atoms with Crippen LogP contribution in [-0.2, 0) is 13.2 Å². The van der Waals surface area contributed by atoms with Crippen LogP contribution in [0, 0.1) is 6.92 Å². The fourth-order valence-corrected chi connectivity index (χ4v) is 4.61. The van der Waals surface area contributed by atoms with Crippen LogP contribution in [0.15, 0.2) is 40.9 Å². The smallest absolute Gasteiger partial charge is 0.175 e. The number of halogens is 1. The Balaban J connectivity index is 1.64. The normalized spacial score (nSPS) is 16.9. The third-order valence-electron chi connectivity index (χ3n) is 5.45. The molecule has 0 spiro atoms. The molecular weight excluding hydrogens is 428 g/mol. The van der Waals surface area contributed by atoms with Crippen molar-refractivity contribution >= 4 is 15.9 Å². The lowest BCUT2D eigenvalue weighted by Gasteiger charge is -2.23. The molecule has 5 heteroatoms. The molecular formula is C24H33BrN2O2. The number of nitrogens with one attached hydrogen (secondary N) is 1. The fraction of sp³-hybridized carbons (Fsp3) is 0.500. The van der Waals surface area contributed by atoms with Gasteiger partial charge in [-0.15, -0.1) is 0 Å². The molecule has 29 heavy (non-hydrogen) atoms. The molecule has 1 saturated heterocycles. The van der Waals surface area contributed by atoms with E-state index in [4.69, 9.17) is 9.47 Å². The van der Waals surface area contributed by atoms with Crippen LogP contribution in [0.5, 0.6) is 11.5 Å². The predicted molar refractivity (Wildman–Crippen MR) is 123 cm³/mol. The van der Waals surface area contributed by atoms with E-state index in [1.165, 1.54) is 30.5 Å². The average molecular weight is 461 g/mol.